The molecule has 1 amide bonds. The zero-order valence-corrected chi connectivity index (χ0v) is 13.4. The van der Waals surface area contributed by atoms with Crippen LogP contribution in [0.2, 0.25) is 5.02 Å². The lowest BCUT2D eigenvalue weighted by Gasteiger charge is -2.11. The fraction of sp³-hybridized carbons (Fsp3) is 0.133. The van der Waals surface area contributed by atoms with Gasteiger partial charge in [-0.2, -0.15) is 0 Å². The van der Waals surface area contributed by atoms with Gasteiger partial charge in [-0.15, -0.1) is 11.3 Å². The molecule has 0 saturated carbocycles. The Morgan fingerprint density at radius 2 is 2.22 bits per heavy atom. The molecule has 0 aliphatic carbocycles. The van der Waals surface area contributed by atoms with Crippen LogP contribution in [-0.2, 0) is 6.54 Å². The molecule has 1 aromatic carbocycles. The molecule has 2 aromatic heterocycles. The number of hydrogen-bond donors (Lipinski definition) is 1. The molecule has 0 atom stereocenters. The van der Waals surface area contributed by atoms with Crippen LogP contribution in [-0.4, -0.2) is 22.1 Å². The van der Waals surface area contributed by atoms with Crippen LogP contribution in [0.25, 0.3) is 10.2 Å². The van der Waals surface area contributed by atoms with Gasteiger partial charge >= 0.3 is 0 Å². The van der Waals surface area contributed by atoms with Gasteiger partial charge in [-0.1, -0.05) is 11.6 Å². The minimum atomic E-state index is -0.601. The number of halogens is 1. The van der Waals surface area contributed by atoms with Gasteiger partial charge in [-0.3, -0.25) is 14.2 Å². The van der Waals surface area contributed by atoms with Crippen molar-refractivity contribution in [2.75, 3.05) is 6.61 Å². The summed E-state index contributed by atoms with van der Waals surface area (Å²) in [5, 5.41) is 2.26. The van der Waals surface area contributed by atoms with Gasteiger partial charge in [0.1, 0.15) is 17.1 Å². The summed E-state index contributed by atoms with van der Waals surface area (Å²) in [5.41, 5.74) is 6.11. The number of aromatic nitrogens is 2. The number of thiophene rings is 1. The van der Waals surface area contributed by atoms with E-state index < -0.39 is 5.91 Å². The first-order chi connectivity index (χ1) is 11.1. The normalized spacial score (nSPS) is 10.8. The lowest BCUT2D eigenvalue weighted by atomic mass is 10.2. The quantitative estimate of drug-likeness (QED) is 0.765. The largest absolute Gasteiger partial charge is 0.491 e. The van der Waals surface area contributed by atoms with Crippen molar-refractivity contribution in [3.05, 3.63) is 56.9 Å². The van der Waals surface area contributed by atoms with E-state index in [0.29, 0.717) is 27.5 Å². The molecule has 23 heavy (non-hydrogen) atoms. The SMILES string of the molecule is NC(=O)c1ccc(Cl)cc1OCCn1cnc2ccsc2c1=O. The minimum absolute atomic E-state index is 0.116. The van der Waals surface area contributed by atoms with Gasteiger partial charge in [0.15, 0.2) is 0 Å². The predicted octanol–water partition coefficient (Wildman–Crippen LogP) is 2.29. The van der Waals surface area contributed by atoms with Crippen LogP contribution in [0.5, 0.6) is 5.75 Å². The van der Waals surface area contributed by atoms with Gasteiger partial charge in [0.05, 0.1) is 24.0 Å². The molecule has 8 heteroatoms. The summed E-state index contributed by atoms with van der Waals surface area (Å²) in [7, 11) is 0. The van der Waals surface area contributed by atoms with Crippen LogP contribution in [0.4, 0.5) is 0 Å². The van der Waals surface area contributed by atoms with Crippen molar-refractivity contribution in [1.29, 1.82) is 0 Å². The van der Waals surface area contributed by atoms with Crippen molar-refractivity contribution < 1.29 is 9.53 Å². The van der Waals surface area contributed by atoms with Crippen molar-refractivity contribution in [2.45, 2.75) is 6.54 Å². The molecule has 6 nitrogen and oxygen atoms in total. The van der Waals surface area contributed by atoms with Crippen LogP contribution in [0, 0.1) is 0 Å². The van der Waals surface area contributed by atoms with Crippen LogP contribution >= 0.6 is 22.9 Å². The standard InChI is InChI=1S/C15H12ClN3O3S/c16-9-1-2-10(14(17)20)12(7-9)22-5-4-19-8-18-11-3-6-23-13(11)15(19)21/h1-3,6-8H,4-5H2,(H2,17,20). The Balaban J connectivity index is 1.76. The summed E-state index contributed by atoms with van der Waals surface area (Å²) in [6.07, 6.45) is 1.48. The lowest BCUT2D eigenvalue weighted by molar-refractivity contribution is 0.0996. The monoisotopic (exact) mass is 349 g/mol. The summed E-state index contributed by atoms with van der Waals surface area (Å²) in [5.74, 6) is -0.307. The fourth-order valence-electron chi connectivity index (χ4n) is 2.11. The van der Waals surface area contributed by atoms with Gasteiger partial charge in [-0.25, -0.2) is 4.98 Å². The number of rotatable bonds is 5. The zero-order chi connectivity index (χ0) is 16.4. The highest BCUT2D eigenvalue weighted by molar-refractivity contribution is 7.17. The number of nitrogens with two attached hydrogens (primary N) is 1. The molecule has 0 spiro atoms. The van der Waals surface area contributed by atoms with Crippen LogP contribution in [0.3, 0.4) is 0 Å². The first-order valence-electron chi connectivity index (χ1n) is 6.71. The topological polar surface area (TPSA) is 87.2 Å². The molecule has 0 unspecified atom stereocenters. The maximum atomic E-state index is 12.2. The van der Waals surface area contributed by atoms with Crippen molar-refractivity contribution in [2.24, 2.45) is 5.73 Å². The molecule has 118 valence electrons. The number of amides is 1. The van der Waals surface area contributed by atoms with E-state index in [-0.39, 0.29) is 17.7 Å². The second-order valence-corrected chi connectivity index (χ2v) is 6.08. The number of ether oxygens (including phenoxy) is 1. The molecule has 0 fully saturated rings. The van der Waals surface area contributed by atoms with E-state index in [1.165, 1.54) is 34.4 Å². The van der Waals surface area contributed by atoms with E-state index in [2.05, 4.69) is 4.98 Å². The van der Waals surface area contributed by atoms with Crippen molar-refractivity contribution in [3.63, 3.8) is 0 Å². The van der Waals surface area contributed by atoms with E-state index >= 15 is 0 Å². The molecule has 2 heterocycles. The second-order valence-electron chi connectivity index (χ2n) is 4.73. The molecule has 3 aromatic rings. The number of hydrogen-bond acceptors (Lipinski definition) is 5. The van der Waals surface area contributed by atoms with Crippen molar-refractivity contribution >= 4 is 39.1 Å². The van der Waals surface area contributed by atoms with Crippen LogP contribution in [0.1, 0.15) is 10.4 Å². The highest BCUT2D eigenvalue weighted by atomic mass is 35.5. The van der Waals surface area contributed by atoms with Gasteiger partial charge < -0.3 is 10.5 Å². The van der Waals surface area contributed by atoms with Gasteiger partial charge in [0.25, 0.3) is 11.5 Å². The molecular formula is C15H12ClN3O3S. The number of fused-ring (bicyclic) bond motifs is 1. The third-order valence-corrected chi connectivity index (χ3v) is 4.36. The average Bonchev–Trinajstić information content (AvgIpc) is 2.99. The Hall–Kier alpha value is -2.38. The van der Waals surface area contributed by atoms with Crippen LogP contribution in [0.15, 0.2) is 40.8 Å². The first kappa shape index (κ1) is 15.5. The highest BCUT2D eigenvalue weighted by Crippen LogP contribution is 2.23. The number of benzene rings is 1. The maximum absolute atomic E-state index is 12.2. The molecule has 2 N–H and O–H groups in total. The average molecular weight is 350 g/mol. The molecule has 3 rings (SSSR count). The third-order valence-electron chi connectivity index (χ3n) is 3.23. The van der Waals surface area contributed by atoms with E-state index in [1.807, 2.05) is 5.38 Å². The Kier molecular flexibility index (Phi) is 4.31. The van der Waals surface area contributed by atoms with E-state index in [1.54, 1.807) is 12.1 Å². The summed E-state index contributed by atoms with van der Waals surface area (Å²) in [6.45, 7) is 0.476. The minimum Gasteiger partial charge on any atom is -0.491 e. The Morgan fingerprint density at radius 3 is 3.00 bits per heavy atom. The third kappa shape index (κ3) is 3.20. The highest BCUT2D eigenvalue weighted by Gasteiger charge is 2.11. The Bertz CT molecular complexity index is 935. The second kappa shape index (κ2) is 6.39. The van der Waals surface area contributed by atoms with Gasteiger partial charge in [0, 0.05) is 5.02 Å². The molecule has 0 radical (unpaired) electrons. The molecule has 0 saturated heterocycles. The van der Waals surface area contributed by atoms with E-state index in [4.69, 9.17) is 22.1 Å². The number of primary amides is 1. The summed E-state index contributed by atoms with van der Waals surface area (Å²) in [6, 6.07) is 6.39. The lowest BCUT2D eigenvalue weighted by Crippen LogP contribution is -2.23. The molecular weight excluding hydrogens is 338 g/mol. The van der Waals surface area contributed by atoms with Crippen LogP contribution < -0.4 is 16.0 Å². The van der Waals surface area contributed by atoms with Gasteiger partial charge in [-0.05, 0) is 29.6 Å². The zero-order valence-electron chi connectivity index (χ0n) is 11.9. The first-order valence-corrected chi connectivity index (χ1v) is 7.97. The number of carbonyl (C=O) groups excluding carboxylic acids is 1. The van der Waals surface area contributed by atoms with Crippen molar-refractivity contribution in [1.82, 2.24) is 9.55 Å². The van der Waals surface area contributed by atoms with E-state index in [0.717, 1.165) is 0 Å². The van der Waals surface area contributed by atoms with Gasteiger partial charge in [0.2, 0.25) is 0 Å². The van der Waals surface area contributed by atoms with E-state index in [9.17, 15) is 9.59 Å². The molecule has 0 aliphatic heterocycles. The van der Waals surface area contributed by atoms with Crippen molar-refractivity contribution in [3.8, 4) is 5.75 Å². The predicted molar refractivity (Wildman–Crippen MR) is 89.3 cm³/mol. The Labute approximate surface area is 140 Å². The summed E-state index contributed by atoms with van der Waals surface area (Å²) >= 11 is 7.25. The maximum Gasteiger partial charge on any atom is 0.271 e. The number of nitrogens with zero attached hydrogens (tertiary/aromatic N) is 2. The molecule has 0 aliphatic rings. The summed E-state index contributed by atoms with van der Waals surface area (Å²) in [4.78, 5) is 27.8. The number of carbonyl (C=O) groups is 1. The fourth-order valence-corrected chi connectivity index (χ4v) is 3.07. The summed E-state index contributed by atoms with van der Waals surface area (Å²) < 4.78 is 7.63. The molecule has 0 bridgehead atoms. The smallest absolute Gasteiger partial charge is 0.271 e. The Morgan fingerprint density at radius 1 is 1.39 bits per heavy atom.